The Balaban J connectivity index is 1.74. The number of fused-ring (bicyclic) bond motifs is 1. The molecule has 0 bridgehead atoms. The molecule has 0 spiro atoms. The van der Waals surface area contributed by atoms with Crippen molar-refractivity contribution in [1.82, 2.24) is 9.78 Å². The SMILES string of the molecule is Cc1cc([N+](=O)[O-])nn1CC(=O)Nc1c[nH+]c2ccccc2c1. The first-order chi connectivity index (χ1) is 11.0. The van der Waals surface area contributed by atoms with Crippen molar-refractivity contribution in [3.63, 3.8) is 0 Å². The molecule has 0 radical (unpaired) electrons. The zero-order valence-corrected chi connectivity index (χ0v) is 12.3. The number of nitrogens with one attached hydrogen (secondary N) is 2. The van der Waals surface area contributed by atoms with Gasteiger partial charge < -0.3 is 15.4 Å². The van der Waals surface area contributed by atoms with Gasteiger partial charge in [0.15, 0.2) is 6.20 Å². The molecular formula is C15H14N5O3+. The molecule has 0 unspecified atom stereocenters. The summed E-state index contributed by atoms with van der Waals surface area (Å²) in [6.07, 6.45) is 1.69. The van der Waals surface area contributed by atoms with Crippen LogP contribution < -0.4 is 10.3 Å². The highest BCUT2D eigenvalue weighted by molar-refractivity contribution is 5.92. The minimum absolute atomic E-state index is 0.0908. The zero-order chi connectivity index (χ0) is 16.4. The quantitative estimate of drug-likeness (QED) is 0.585. The molecule has 0 aliphatic carbocycles. The molecule has 0 saturated heterocycles. The van der Waals surface area contributed by atoms with Gasteiger partial charge in [-0.1, -0.05) is 12.1 Å². The van der Waals surface area contributed by atoms with Gasteiger partial charge in [0.25, 0.3) is 0 Å². The van der Waals surface area contributed by atoms with Crippen LogP contribution in [0.2, 0.25) is 0 Å². The fourth-order valence-corrected chi connectivity index (χ4v) is 2.27. The van der Waals surface area contributed by atoms with Crippen LogP contribution in [0, 0.1) is 17.0 Å². The van der Waals surface area contributed by atoms with E-state index in [-0.39, 0.29) is 18.3 Å². The molecule has 23 heavy (non-hydrogen) atoms. The second kappa shape index (κ2) is 5.84. The maximum Gasteiger partial charge on any atom is 0.390 e. The molecule has 116 valence electrons. The van der Waals surface area contributed by atoms with Gasteiger partial charge in [-0.2, -0.15) is 4.68 Å². The van der Waals surface area contributed by atoms with Gasteiger partial charge in [-0.05, 0) is 24.0 Å². The number of nitrogens with zero attached hydrogens (tertiary/aromatic N) is 3. The third kappa shape index (κ3) is 3.15. The summed E-state index contributed by atoms with van der Waals surface area (Å²) in [5.74, 6) is -0.580. The number of aromatic amines is 1. The number of aromatic nitrogens is 3. The molecule has 1 aromatic carbocycles. The van der Waals surface area contributed by atoms with Crippen molar-refractivity contribution < 1.29 is 14.7 Å². The Labute approximate surface area is 130 Å². The highest BCUT2D eigenvalue weighted by atomic mass is 16.6. The first kappa shape index (κ1) is 14.6. The molecule has 8 nitrogen and oxygen atoms in total. The van der Waals surface area contributed by atoms with Crippen molar-refractivity contribution in [2.24, 2.45) is 0 Å². The van der Waals surface area contributed by atoms with Gasteiger partial charge in [0.2, 0.25) is 11.4 Å². The van der Waals surface area contributed by atoms with E-state index in [1.54, 1.807) is 13.1 Å². The summed E-state index contributed by atoms with van der Waals surface area (Å²) in [5, 5.41) is 18.2. The zero-order valence-electron chi connectivity index (χ0n) is 12.3. The number of aryl methyl sites for hydroxylation is 1. The number of carbonyl (C=O) groups excluding carboxylic acids is 1. The number of amides is 1. The molecule has 2 aromatic heterocycles. The van der Waals surface area contributed by atoms with Crippen molar-refractivity contribution in [2.45, 2.75) is 13.5 Å². The number of para-hydroxylation sites is 1. The molecule has 0 aliphatic rings. The second-order valence-corrected chi connectivity index (χ2v) is 5.08. The predicted molar refractivity (Wildman–Crippen MR) is 82.8 cm³/mol. The van der Waals surface area contributed by atoms with E-state index in [1.165, 1.54) is 10.7 Å². The lowest BCUT2D eigenvalue weighted by molar-refractivity contribution is -0.389. The Bertz CT molecular complexity index is 903. The van der Waals surface area contributed by atoms with Gasteiger partial charge in [-0.15, -0.1) is 0 Å². The van der Waals surface area contributed by atoms with Crippen LogP contribution in [0.5, 0.6) is 0 Å². The van der Waals surface area contributed by atoms with E-state index in [0.717, 1.165) is 10.9 Å². The van der Waals surface area contributed by atoms with Crippen LogP contribution in [0.25, 0.3) is 10.9 Å². The van der Waals surface area contributed by atoms with Gasteiger partial charge in [-0.25, -0.2) is 4.98 Å². The lowest BCUT2D eigenvalue weighted by atomic mass is 10.2. The first-order valence-electron chi connectivity index (χ1n) is 6.92. The second-order valence-electron chi connectivity index (χ2n) is 5.08. The third-order valence-electron chi connectivity index (χ3n) is 3.39. The number of hydrogen-bond donors (Lipinski definition) is 1. The lowest BCUT2D eigenvalue weighted by Gasteiger charge is -2.03. The van der Waals surface area contributed by atoms with Crippen LogP contribution in [-0.4, -0.2) is 20.6 Å². The minimum atomic E-state index is -0.584. The van der Waals surface area contributed by atoms with E-state index in [4.69, 9.17) is 0 Å². The molecule has 2 heterocycles. The number of rotatable bonds is 4. The standard InChI is InChI=1S/C15H13N5O3/c1-10-6-14(20(22)23)18-19(10)9-15(21)17-12-7-11-4-2-3-5-13(11)16-8-12/h2-8H,9H2,1H3,(H,17,21)/p+1. The van der Waals surface area contributed by atoms with E-state index in [0.29, 0.717) is 11.4 Å². The summed E-state index contributed by atoms with van der Waals surface area (Å²) in [7, 11) is 0. The topological polar surface area (TPSA) is 104 Å². The van der Waals surface area contributed by atoms with E-state index in [1.807, 2.05) is 30.3 Å². The number of nitro groups is 1. The molecule has 3 rings (SSSR count). The van der Waals surface area contributed by atoms with Crippen molar-refractivity contribution in [3.8, 4) is 0 Å². The van der Waals surface area contributed by atoms with Gasteiger partial charge in [0, 0.05) is 11.5 Å². The number of benzene rings is 1. The Kier molecular flexibility index (Phi) is 3.71. The molecule has 2 N–H and O–H groups in total. The van der Waals surface area contributed by atoms with Crippen molar-refractivity contribution in [1.29, 1.82) is 0 Å². The van der Waals surface area contributed by atoms with Crippen LogP contribution in [0.4, 0.5) is 11.5 Å². The molecule has 1 amide bonds. The largest absolute Gasteiger partial charge is 0.390 e. The Hall–Kier alpha value is -3.29. The van der Waals surface area contributed by atoms with Crippen molar-refractivity contribution in [2.75, 3.05) is 5.32 Å². The summed E-state index contributed by atoms with van der Waals surface area (Å²) in [6, 6.07) is 10.9. The Morgan fingerprint density at radius 1 is 1.39 bits per heavy atom. The lowest BCUT2D eigenvalue weighted by Crippen LogP contribution is -2.21. The molecule has 0 fully saturated rings. The van der Waals surface area contributed by atoms with Crippen LogP contribution in [0.15, 0.2) is 42.6 Å². The van der Waals surface area contributed by atoms with E-state index < -0.39 is 4.92 Å². The van der Waals surface area contributed by atoms with Crippen molar-refractivity contribution >= 4 is 28.3 Å². The summed E-state index contributed by atoms with van der Waals surface area (Å²) < 4.78 is 1.30. The minimum Gasteiger partial charge on any atom is -0.358 e. The maximum atomic E-state index is 12.1. The van der Waals surface area contributed by atoms with Crippen LogP contribution >= 0.6 is 0 Å². The smallest absolute Gasteiger partial charge is 0.358 e. The van der Waals surface area contributed by atoms with Crippen LogP contribution in [0.1, 0.15) is 5.69 Å². The molecule has 0 aliphatic heterocycles. The molecule has 3 aromatic rings. The van der Waals surface area contributed by atoms with E-state index in [2.05, 4.69) is 15.4 Å². The first-order valence-corrected chi connectivity index (χ1v) is 6.92. The molecule has 0 saturated carbocycles. The van der Waals surface area contributed by atoms with E-state index in [9.17, 15) is 14.9 Å². The van der Waals surface area contributed by atoms with Crippen LogP contribution in [-0.2, 0) is 11.3 Å². The Morgan fingerprint density at radius 2 is 2.17 bits per heavy atom. The fraction of sp³-hybridized carbons (Fsp3) is 0.133. The number of H-pyrrole nitrogens is 1. The monoisotopic (exact) mass is 312 g/mol. The number of hydrogen-bond acceptors (Lipinski definition) is 4. The van der Waals surface area contributed by atoms with Gasteiger partial charge in [0.1, 0.15) is 12.2 Å². The molecule has 0 atom stereocenters. The number of anilines is 1. The summed E-state index contributed by atoms with van der Waals surface area (Å²) in [5.41, 5.74) is 2.13. The number of carbonyl (C=O) groups is 1. The van der Waals surface area contributed by atoms with Gasteiger partial charge in [0.05, 0.1) is 16.9 Å². The maximum absolute atomic E-state index is 12.1. The molecule has 8 heteroatoms. The van der Waals surface area contributed by atoms with Gasteiger partial charge in [-0.3, -0.25) is 4.79 Å². The van der Waals surface area contributed by atoms with E-state index >= 15 is 0 Å². The Morgan fingerprint density at radius 3 is 2.91 bits per heavy atom. The summed E-state index contributed by atoms with van der Waals surface area (Å²) in [4.78, 5) is 25.3. The highest BCUT2D eigenvalue weighted by Gasteiger charge is 2.17. The van der Waals surface area contributed by atoms with Crippen LogP contribution in [0.3, 0.4) is 0 Å². The summed E-state index contributed by atoms with van der Waals surface area (Å²) >= 11 is 0. The average molecular weight is 312 g/mol. The van der Waals surface area contributed by atoms with Gasteiger partial charge >= 0.3 is 5.82 Å². The highest BCUT2D eigenvalue weighted by Crippen LogP contribution is 2.14. The summed E-state index contributed by atoms with van der Waals surface area (Å²) in [6.45, 7) is 1.57. The van der Waals surface area contributed by atoms with Crippen molar-refractivity contribution in [3.05, 3.63) is 58.4 Å². The molecular weight excluding hydrogens is 298 g/mol. The third-order valence-corrected chi connectivity index (χ3v) is 3.39. The fourth-order valence-electron chi connectivity index (χ4n) is 2.27. The normalized spacial score (nSPS) is 10.7. The predicted octanol–water partition coefficient (Wildman–Crippen LogP) is 1.71. The average Bonchev–Trinajstić information content (AvgIpc) is 2.88. The number of pyridine rings is 1.